The molecule has 1 rings (SSSR count). The lowest BCUT2D eigenvalue weighted by atomic mass is 10.0. The zero-order chi connectivity index (χ0) is 11.8. The van der Waals surface area contributed by atoms with Gasteiger partial charge in [0.25, 0.3) is 0 Å². The quantitative estimate of drug-likeness (QED) is 0.755. The summed E-state index contributed by atoms with van der Waals surface area (Å²) in [4.78, 5) is 1.46. The summed E-state index contributed by atoms with van der Waals surface area (Å²) in [5.74, 6) is 0.665. The van der Waals surface area contributed by atoms with Crippen molar-refractivity contribution in [3.8, 4) is 0 Å². The van der Waals surface area contributed by atoms with Crippen LogP contribution in [0.5, 0.6) is 0 Å². The van der Waals surface area contributed by atoms with Gasteiger partial charge in [-0.25, -0.2) is 0 Å². The van der Waals surface area contributed by atoms with Crippen LogP contribution in [0.25, 0.3) is 0 Å². The Kier molecular flexibility index (Phi) is 6.69. The van der Waals surface area contributed by atoms with Crippen LogP contribution in [-0.4, -0.2) is 26.3 Å². The third-order valence-electron chi connectivity index (χ3n) is 2.80. The van der Waals surface area contributed by atoms with Crippen LogP contribution in [0.1, 0.15) is 25.1 Å². The molecular weight excluding hydrogens is 218 g/mol. The van der Waals surface area contributed by atoms with Crippen molar-refractivity contribution in [1.29, 1.82) is 0 Å². The molecule has 0 aliphatic rings. The van der Waals surface area contributed by atoms with Gasteiger partial charge in [-0.15, -0.1) is 11.3 Å². The highest BCUT2D eigenvalue weighted by atomic mass is 32.1. The Balaban J connectivity index is 2.21. The van der Waals surface area contributed by atoms with Gasteiger partial charge in [0.15, 0.2) is 0 Å². The van der Waals surface area contributed by atoms with E-state index >= 15 is 0 Å². The summed E-state index contributed by atoms with van der Waals surface area (Å²) in [7, 11) is 1.77. The largest absolute Gasteiger partial charge is 0.385 e. The fraction of sp³-hybridized carbons (Fsp3) is 0.692. The number of thiophene rings is 1. The number of rotatable bonds is 8. The number of ether oxygens (including phenoxy) is 1. The van der Waals surface area contributed by atoms with Gasteiger partial charge >= 0.3 is 0 Å². The van der Waals surface area contributed by atoms with Crippen molar-refractivity contribution in [2.24, 2.45) is 5.92 Å². The Morgan fingerprint density at radius 3 is 2.81 bits per heavy atom. The minimum atomic E-state index is 0.569. The van der Waals surface area contributed by atoms with E-state index in [1.165, 1.54) is 4.88 Å². The van der Waals surface area contributed by atoms with Crippen LogP contribution in [0.4, 0.5) is 0 Å². The zero-order valence-corrected chi connectivity index (χ0v) is 11.3. The molecule has 0 bridgehead atoms. The second kappa shape index (κ2) is 7.82. The molecule has 0 saturated heterocycles. The lowest BCUT2D eigenvalue weighted by Gasteiger charge is -2.22. The maximum Gasteiger partial charge on any atom is 0.0477 e. The van der Waals surface area contributed by atoms with Crippen LogP contribution in [0.15, 0.2) is 17.5 Å². The smallest absolute Gasteiger partial charge is 0.0477 e. The van der Waals surface area contributed by atoms with E-state index in [2.05, 4.69) is 36.7 Å². The molecular formula is C13H23NOS. The van der Waals surface area contributed by atoms with Gasteiger partial charge < -0.3 is 10.1 Å². The molecule has 0 saturated carbocycles. The predicted octanol–water partition coefficient (Wildman–Crippen LogP) is 2.94. The Hall–Kier alpha value is -0.380. The van der Waals surface area contributed by atoms with Crippen LogP contribution in [-0.2, 0) is 11.2 Å². The van der Waals surface area contributed by atoms with Crippen molar-refractivity contribution in [3.05, 3.63) is 22.4 Å². The van der Waals surface area contributed by atoms with E-state index in [1.54, 1.807) is 7.11 Å². The summed E-state index contributed by atoms with van der Waals surface area (Å²) in [6.07, 6.45) is 2.23. The molecule has 3 heteroatoms. The number of hydrogen-bond acceptors (Lipinski definition) is 3. The molecule has 1 heterocycles. The van der Waals surface area contributed by atoms with E-state index in [0.29, 0.717) is 12.0 Å². The normalized spacial score (nSPS) is 13.2. The minimum absolute atomic E-state index is 0.569. The molecule has 0 aromatic carbocycles. The topological polar surface area (TPSA) is 21.3 Å². The van der Waals surface area contributed by atoms with Gasteiger partial charge in [0.2, 0.25) is 0 Å². The van der Waals surface area contributed by atoms with Gasteiger partial charge in [0.05, 0.1) is 0 Å². The van der Waals surface area contributed by atoms with Crippen LogP contribution in [0, 0.1) is 5.92 Å². The Morgan fingerprint density at radius 1 is 1.44 bits per heavy atom. The molecule has 0 amide bonds. The molecule has 1 aromatic rings. The molecule has 1 N–H and O–H groups in total. The average Bonchev–Trinajstić information content (AvgIpc) is 2.75. The van der Waals surface area contributed by atoms with Crippen LogP contribution in [0.2, 0.25) is 0 Å². The van der Waals surface area contributed by atoms with Gasteiger partial charge in [-0.2, -0.15) is 0 Å². The zero-order valence-electron chi connectivity index (χ0n) is 10.5. The minimum Gasteiger partial charge on any atom is -0.385 e. The Labute approximate surface area is 103 Å². The SMILES string of the molecule is COCCC(NCCc1cccs1)C(C)C. The summed E-state index contributed by atoms with van der Waals surface area (Å²) < 4.78 is 5.14. The molecule has 0 spiro atoms. The van der Waals surface area contributed by atoms with Crippen molar-refractivity contribution >= 4 is 11.3 Å². The third-order valence-corrected chi connectivity index (χ3v) is 3.73. The Morgan fingerprint density at radius 2 is 2.25 bits per heavy atom. The first kappa shape index (κ1) is 13.7. The van der Waals surface area contributed by atoms with Crippen LogP contribution >= 0.6 is 11.3 Å². The lowest BCUT2D eigenvalue weighted by Crippen LogP contribution is -2.36. The average molecular weight is 241 g/mol. The first-order valence-electron chi connectivity index (χ1n) is 5.98. The van der Waals surface area contributed by atoms with Crippen molar-refractivity contribution in [2.75, 3.05) is 20.3 Å². The summed E-state index contributed by atoms with van der Waals surface area (Å²) in [6.45, 7) is 6.43. The molecule has 92 valence electrons. The molecule has 0 aliphatic carbocycles. The molecule has 0 radical (unpaired) electrons. The fourth-order valence-electron chi connectivity index (χ4n) is 1.75. The first-order valence-corrected chi connectivity index (χ1v) is 6.86. The maximum atomic E-state index is 5.14. The monoisotopic (exact) mass is 241 g/mol. The molecule has 0 aliphatic heterocycles. The van der Waals surface area contributed by atoms with E-state index in [4.69, 9.17) is 4.74 Å². The predicted molar refractivity (Wildman–Crippen MR) is 71.1 cm³/mol. The first-order chi connectivity index (χ1) is 7.74. The summed E-state index contributed by atoms with van der Waals surface area (Å²) >= 11 is 1.84. The summed E-state index contributed by atoms with van der Waals surface area (Å²) in [5.41, 5.74) is 0. The van der Waals surface area contributed by atoms with E-state index in [-0.39, 0.29) is 0 Å². The molecule has 1 aromatic heterocycles. The van der Waals surface area contributed by atoms with Crippen molar-refractivity contribution in [1.82, 2.24) is 5.32 Å². The molecule has 1 unspecified atom stereocenters. The highest BCUT2D eigenvalue weighted by Gasteiger charge is 2.11. The van der Waals surface area contributed by atoms with Gasteiger partial charge in [-0.05, 0) is 30.2 Å². The van der Waals surface area contributed by atoms with Gasteiger partial charge in [-0.3, -0.25) is 0 Å². The molecule has 1 atom stereocenters. The highest BCUT2D eigenvalue weighted by molar-refractivity contribution is 7.09. The van der Waals surface area contributed by atoms with Crippen molar-refractivity contribution < 1.29 is 4.74 Å². The molecule has 0 fully saturated rings. The van der Waals surface area contributed by atoms with Crippen LogP contribution in [0.3, 0.4) is 0 Å². The second-order valence-electron chi connectivity index (χ2n) is 4.42. The number of nitrogens with one attached hydrogen (secondary N) is 1. The van der Waals surface area contributed by atoms with Gasteiger partial charge in [0.1, 0.15) is 0 Å². The highest BCUT2D eigenvalue weighted by Crippen LogP contribution is 2.10. The number of hydrogen-bond donors (Lipinski definition) is 1. The fourth-order valence-corrected chi connectivity index (χ4v) is 2.46. The second-order valence-corrected chi connectivity index (χ2v) is 5.45. The summed E-state index contributed by atoms with van der Waals surface area (Å²) in [5, 5.41) is 5.76. The van der Waals surface area contributed by atoms with Gasteiger partial charge in [0, 0.05) is 31.2 Å². The number of methoxy groups -OCH3 is 1. The molecule has 2 nitrogen and oxygen atoms in total. The standard InChI is InChI=1S/C13H23NOS/c1-11(2)13(7-9-15-3)14-8-6-12-5-4-10-16-12/h4-5,10-11,13-14H,6-9H2,1-3H3. The maximum absolute atomic E-state index is 5.14. The third kappa shape index (κ3) is 5.10. The van der Waals surface area contributed by atoms with E-state index in [0.717, 1.165) is 26.0 Å². The van der Waals surface area contributed by atoms with Crippen LogP contribution < -0.4 is 5.32 Å². The van der Waals surface area contributed by atoms with Crippen molar-refractivity contribution in [2.45, 2.75) is 32.7 Å². The van der Waals surface area contributed by atoms with E-state index < -0.39 is 0 Å². The lowest BCUT2D eigenvalue weighted by molar-refractivity contribution is 0.174. The Bertz CT molecular complexity index is 259. The van der Waals surface area contributed by atoms with Crippen molar-refractivity contribution in [3.63, 3.8) is 0 Å². The summed E-state index contributed by atoms with van der Waals surface area (Å²) in [6, 6.07) is 4.89. The van der Waals surface area contributed by atoms with E-state index in [9.17, 15) is 0 Å². The van der Waals surface area contributed by atoms with Gasteiger partial charge in [-0.1, -0.05) is 19.9 Å². The van der Waals surface area contributed by atoms with E-state index in [1.807, 2.05) is 11.3 Å². The molecule has 16 heavy (non-hydrogen) atoms.